The molecule has 2 rings (SSSR count). The van der Waals surface area contributed by atoms with Crippen molar-refractivity contribution in [1.82, 2.24) is 15.8 Å². The lowest BCUT2D eigenvalue weighted by Gasteiger charge is -2.12. The van der Waals surface area contributed by atoms with Gasteiger partial charge < -0.3 is 0 Å². The van der Waals surface area contributed by atoms with Crippen LogP contribution in [0.15, 0.2) is 24.3 Å². The lowest BCUT2D eigenvalue weighted by atomic mass is 10.1. The number of carbonyl (C=O) groups excluding carboxylic acids is 4. The van der Waals surface area contributed by atoms with E-state index < -0.39 is 24.3 Å². The molecule has 4 amide bonds. The van der Waals surface area contributed by atoms with Crippen molar-refractivity contribution in [2.24, 2.45) is 0 Å². The Balaban J connectivity index is 2.14. The van der Waals surface area contributed by atoms with Crippen molar-refractivity contribution in [2.45, 2.75) is 0 Å². The molecule has 1 aliphatic heterocycles. The molecule has 92 valence electrons. The Morgan fingerprint density at radius 2 is 1.72 bits per heavy atom. The van der Waals surface area contributed by atoms with Gasteiger partial charge in [0, 0.05) is 0 Å². The second-order valence-corrected chi connectivity index (χ2v) is 3.55. The van der Waals surface area contributed by atoms with Crippen molar-refractivity contribution in [2.75, 3.05) is 6.54 Å². The summed E-state index contributed by atoms with van der Waals surface area (Å²) in [6.45, 7) is -0.437. The van der Waals surface area contributed by atoms with E-state index >= 15 is 0 Å². The van der Waals surface area contributed by atoms with Gasteiger partial charge in [-0.05, 0) is 12.1 Å². The maximum absolute atomic E-state index is 11.9. The van der Waals surface area contributed by atoms with Gasteiger partial charge >= 0.3 is 0 Å². The minimum Gasteiger partial charge on any atom is -0.277 e. The van der Waals surface area contributed by atoms with E-state index in [-0.39, 0.29) is 17.5 Å². The minimum absolute atomic E-state index is 0.277. The van der Waals surface area contributed by atoms with Gasteiger partial charge in [-0.3, -0.25) is 34.9 Å². The molecule has 18 heavy (non-hydrogen) atoms. The first-order valence-electron chi connectivity index (χ1n) is 5.08. The average Bonchev–Trinajstić information content (AvgIpc) is 2.62. The molecule has 0 atom stereocenters. The minimum atomic E-state index is -0.656. The lowest BCUT2D eigenvalue weighted by Crippen LogP contribution is -2.45. The van der Waals surface area contributed by atoms with Crippen LogP contribution in [-0.2, 0) is 9.59 Å². The smallest absolute Gasteiger partial charge is 0.262 e. The molecule has 0 saturated heterocycles. The Kier molecular flexibility index (Phi) is 3.05. The third-order valence-electron chi connectivity index (χ3n) is 2.45. The number of hydrogen-bond acceptors (Lipinski definition) is 4. The average molecular weight is 247 g/mol. The van der Waals surface area contributed by atoms with Crippen LogP contribution >= 0.6 is 0 Å². The largest absolute Gasteiger partial charge is 0.277 e. The molecule has 0 spiro atoms. The third-order valence-corrected chi connectivity index (χ3v) is 2.45. The van der Waals surface area contributed by atoms with Crippen molar-refractivity contribution in [1.29, 1.82) is 0 Å². The molecule has 0 bridgehead atoms. The Hall–Kier alpha value is -2.70. The normalized spacial score (nSPS) is 13.2. The highest BCUT2D eigenvalue weighted by atomic mass is 16.2. The van der Waals surface area contributed by atoms with Crippen LogP contribution < -0.4 is 10.9 Å². The van der Waals surface area contributed by atoms with Gasteiger partial charge in [-0.1, -0.05) is 12.1 Å². The van der Waals surface area contributed by atoms with Gasteiger partial charge in [-0.15, -0.1) is 0 Å². The number of benzene rings is 1. The van der Waals surface area contributed by atoms with E-state index in [1.165, 1.54) is 12.1 Å². The Morgan fingerprint density at radius 3 is 2.22 bits per heavy atom. The Morgan fingerprint density at radius 1 is 1.17 bits per heavy atom. The number of fused-ring (bicyclic) bond motifs is 1. The van der Waals surface area contributed by atoms with E-state index in [4.69, 9.17) is 0 Å². The molecule has 1 aliphatic rings. The summed E-state index contributed by atoms with van der Waals surface area (Å²) in [5.74, 6) is -1.69. The second-order valence-electron chi connectivity index (χ2n) is 3.55. The van der Waals surface area contributed by atoms with Gasteiger partial charge in [0.2, 0.25) is 6.41 Å². The quantitative estimate of drug-likeness (QED) is 0.408. The number of rotatable bonds is 4. The summed E-state index contributed by atoms with van der Waals surface area (Å²) in [6.07, 6.45) is 0.278. The molecule has 0 aromatic heterocycles. The molecule has 1 aromatic carbocycles. The molecule has 0 unspecified atom stereocenters. The number of hydrogen-bond donors (Lipinski definition) is 2. The first-order chi connectivity index (χ1) is 8.65. The predicted molar refractivity (Wildman–Crippen MR) is 59.2 cm³/mol. The van der Waals surface area contributed by atoms with E-state index in [0.717, 1.165) is 4.90 Å². The van der Waals surface area contributed by atoms with Gasteiger partial charge in [-0.25, -0.2) is 0 Å². The van der Waals surface area contributed by atoms with Gasteiger partial charge in [-0.2, -0.15) is 0 Å². The van der Waals surface area contributed by atoms with Gasteiger partial charge in [0.25, 0.3) is 17.7 Å². The van der Waals surface area contributed by atoms with E-state index in [1.54, 1.807) is 12.1 Å². The molecule has 7 heteroatoms. The standard InChI is InChI=1S/C11H9N3O4/c15-6-12-13-9(16)5-14-10(17)7-3-1-2-4-8(7)11(14)18/h1-4,6H,5H2,(H,12,15)(H,13,16). The highest BCUT2D eigenvalue weighted by Gasteiger charge is 2.36. The number of nitrogens with zero attached hydrogens (tertiary/aromatic N) is 1. The van der Waals surface area contributed by atoms with Gasteiger partial charge in [0.15, 0.2) is 0 Å². The van der Waals surface area contributed by atoms with E-state index in [0.29, 0.717) is 0 Å². The van der Waals surface area contributed by atoms with Crippen LogP contribution in [0.4, 0.5) is 0 Å². The summed E-state index contributed by atoms with van der Waals surface area (Å²) in [7, 11) is 0. The van der Waals surface area contributed by atoms with Crippen LogP contribution in [0, 0.1) is 0 Å². The van der Waals surface area contributed by atoms with Crippen LogP contribution in [0.3, 0.4) is 0 Å². The zero-order chi connectivity index (χ0) is 13.1. The summed E-state index contributed by atoms with van der Waals surface area (Å²) in [5.41, 5.74) is 4.52. The predicted octanol–water partition coefficient (Wildman–Crippen LogP) is -0.940. The summed E-state index contributed by atoms with van der Waals surface area (Å²) >= 11 is 0. The molecule has 0 fully saturated rings. The van der Waals surface area contributed by atoms with E-state index in [9.17, 15) is 19.2 Å². The molecule has 0 saturated carbocycles. The van der Waals surface area contributed by atoms with E-state index in [2.05, 4.69) is 0 Å². The third kappa shape index (κ3) is 1.93. The summed E-state index contributed by atoms with van der Waals surface area (Å²) in [6, 6.07) is 6.33. The first kappa shape index (κ1) is 11.8. The molecule has 2 N–H and O–H groups in total. The van der Waals surface area contributed by atoms with Crippen LogP contribution in [0.2, 0.25) is 0 Å². The molecular weight excluding hydrogens is 238 g/mol. The number of nitrogens with one attached hydrogen (secondary N) is 2. The molecule has 1 heterocycles. The first-order valence-corrected chi connectivity index (χ1v) is 5.08. The fraction of sp³-hybridized carbons (Fsp3) is 0.0909. The van der Waals surface area contributed by atoms with Crippen LogP contribution in [-0.4, -0.2) is 35.6 Å². The topological polar surface area (TPSA) is 95.6 Å². The number of imide groups is 1. The van der Waals surface area contributed by atoms with Crippen molar-refractivity contribution in [3.63, 3.8) is 0 Å². The van der Waals surface area contributed by atoms with Crippen LogP contribution in [0.25, 0.3) is 0 Å². The van der Waals surface area contributed by atoms with Crippen LogP contribution in [0.1, 0.15) is 20.7 Å². The molecular formula is C11H9N3O4. The fourth-order valence-corrected chi connectivity index (χ4v) is 1.68. The van der Waals surface area contributed by atoms with Crippen molar-refractivity contribution in [3.05, 3.63) is 35.4 Å². The summed E-state index contributed by atoms with van der Waals surface area (Å²) in [4.78, 5) is 45.8. The van der Waals surface area contributed by atoms with Crippen LogP contribution in [0.5, 0.6) is 0 Å². The SMILES string of the molecule is O=CNNC(=O)CN1C(=O)c2ccccc2C1=O. The number of carbonyl (C=O) groups is 4. The zero-order valence-corrected chi connectivity index (χ0v) is 9.17. The summed E-state index contributed by atoms with van der Waals surface area (Å²) in [5, 5.41) is 0. The van der Waals surface area contributed by atoms with Gasteiger partial charge in [0.1, 0.15) is 6.54 Å². The molecule has 7 nitrogen and oxygen atoms in total. The molecule has 1 aromatic rings. The highest BCUT2D eigenvalue weighted by molar-refractivity contribution is 6.22. The highest BCUT2D eigenvalue weighted by Crippen LogP contribution is 2.21. The maximum Gasteiger partial charge on any atom is 0.262 e. The zero-order valence-electron chi connectivity index (χ0n) is 9.17. The maximum atomic E-state index is 11.9. The number of hydrazine groups is 1. The Bertz CT molecular complexity index is 506. The van der Waals surface area contributed by atoms with Crippen molar-refractivity contribution < 1.29 is 19.2 Å². The summed E-state index contributed by atoms with van der Waals surface area (Å²) < 4.78 is 0. The van der Waals surface area contributed by atoms with Gasteiger partial charge in [0.05, 0.1) is 11.1 Å². The fourth-order valence-electron chi connectivity index (χ4n) is 1.68. The molecule has 0 aliphatic carbocycles. The Labute approximate surface area is 102 Å². The van der Waals surface area contributed by atoms with Crippen molar-refractivity contribution >= 4 is 24.1 Å². The van der Waals surface area contributed by atoms with E-state index in [1.807, 2.05) is 10.9 Å². The number of amides is 4. The lowest BCUT2D eigenvalue weighted by molar-refractivity contribution is -0.124. The second kappa shape index (κ2) is 4.66. The monoisotopic (exact) mass is 247 g/mol. The molecule has 0 radical (unpaired) electrons. The van der Waals surface area contributed by atoms with Crippen molar-refractivity contribution in [3.8, 4) is 0 Å².